The summed E-state index contributed by atoms with van der Waals surface area (Å²) < 4.78 is 11.3. The zero-order valence-electron chi connectivity index (χ0n) is 21.7. The first-order valence-corrected chi connectivity index (χ1v) is 13.8. The molecule has 0 aliphatic rings. The van der Waals surface area contributed by atoms with Crippen LogP contribution < -0.4 is 9.47 Å². The van der Waals surface area contributed by atoms with Crippen LogP contribution in [-0.4, -0.2) is 12.6 Å². The van der Waals surface area contributed by atoms with Gasteiger partial charge >= 0.3 is 5.97 Å². The van der Waals surface area contributed by atoms with E-state index in [0.717, 1.165) is 25.2 Å². The molecule has 0 N–H and O–H groups in total. The smallest absolute Gasteiger partial charge is 0.343 e. The Morgan fingerprint density at radius 2 is 1.06 bits per heavy atom. The van der Waals surface area contributed by atoms with Crippen molar-refractivity contribution in [1.29, 1.82) is 0 Å². The zero-order valence-corrected chi connectivity index (χ0v) is 21.7. The molecule has 0 aromatic heterocycles. The molecule has 0 fully saturated rings. The van der Waals surface area contributed by atoms with Crippen LogP contribution in [0.5, 0.6) is 11.5 Å². The van der Waals surface area contributed by atoms with Gasteiger partial charge in [-0.2, -0.15) is 0 Å². The molecular formula is C31H46O3. The molecule has 0 unspecified atom stereocenters. The average Bonchev–Trinajstić information content (AvgIpc) is 2.87. The van der Waals surface area contributed by atoms with Gasteiger partial charge in [0.1, 0.15) is 11.5 Å². The van der Waals surface area contributed by atoms with E-state index in [1.807, 2.05) is 36.4 Å². The molecule has 0 saturated carbocycles. The monoisotopic (exact) mass is 466 g/mol. The minimum Gasteiger partial charge on any atom is -0.494 e. The number of carbonyl (C=O) groups is 1. The van der Waals surface area contributed by atoms with Gasteiger partial charge in [-0.1, -0.05) is 109 Å². The Hall–Kier alpha value is -2.29. The van der Waals surface area contributed by atoms with Crippen molar-refractivity contribution in [3.8, 4) is 11.5 Å². The molecule has 0 radical (unpaired) electrons. The Bertz CT molecular complexity index is 764. The largest absolute Gasteiger partial charge is 0.494 e. The van der Waals surface area contributed by atoms with E-state index in [0.29, 0.717) is 11.3 Å². The van der Waals surface area contributed by atoms with Crippen molar-refractivity contribution in [2.24, 2.45) is 0 Å². The normalized spacial score (nSPS) is 10.9. The fourth-order valence-electron chi connectivity index (χ4n) is 4.13. The number of esters is 1. The molecule has 3 heteroatoms. The van der Waals surface area contributed by atoms with Gasteiger partial charge in [-0.15, -0.1) is 0 Å². The lowest BCUT2D eigenvalue weighted by Crippen LogP contribution is -2.08. The number of hydrogen-bond donors (Lipinski definition) is 0. The third-order valence-electron chi connectivity index (χ3n) is 6.40. The van der Waals surface area contributed by atoms with Crippen LogP contribution in [0.25, 0.3) is 0 Å². The number of ether oxygens (including phenoxy) is 2. The zero-order chi connectivity index (χ0) is 24.3. The summed E-state index contributed by atoms with van der Waals surface area (Å²) in [7, 11) is 0. The Labute approximate surface area is 208 Å². The quantitative estimate of drug-likeness (QED) is 0.117. The van der Waals surface area contributed by atoms with Crippen LogP contribution in [0.4, 0.5) is 0 Å². The second-order valence-corrected chi connectivity index (χ2v) is 9.36. The van der Waals surface area contributed by atoms with E-state index in [1.165, 1.54) is 89.0 Å². The van der Waals surface area contributed by atoms with E-state index < -0.39 is 0 Å². The molecule has 0 amide bonds. The van der Waals surface area contributed by atoms with Gasteiger partial charge in [-0.25, -0.2) is 4.79 Å². The van der Waals surface area contributed by atoms with Gasteiger partial charge in [-0.05, 0) is 54.8 Å². The maximum Gasteiger partial charge on any atom is 0.343 e. The molecule has 0 atom stereocenters. The van der Waals surface area contributed by atoms with Crippen LogP contribution in [0.1, 0.15) is 120 Å². The number of rotatable bonds is 19. The molecule has 2 rings (SSSR count). The average molecular weight is 467 g/mol. The maximum atomic E-state index is 12.3. The van der Waals surface area contributed by atoms with Crippen molar-refractivity contribution >= 4 is 5.97 Å². The Balaban J connectivity index is 1.47. The van der Waals surface area contributed by atoms with Crippen molar-refractivity contribution in [1.82, 2.24) is 0 Å². The van der Waals surface area contributed by atoms with E-state index in [1.54, 1.807) is 12.1 Å². The van der Waals surface area contributed by atoms with Gasteiger partial charge in [0.05, 0.1) is 12.2 Å². The molecule has 34 heavy (non-hydrogen) atoms. The van der Waals surface area contributed by atoms with Gasteiger partial charge < -0.3 is 9.47 Å². The number of aryl methyl sites for hydroxylation is 1. The predicted molar refractivity (Wildman–Crippen MR) is 143 cm³/mol. The summed E-state index contributed by atoms with van der Waals surface area (Å²) in [5.41, 5.74) is 1.75. The Morgan fingerprint density at radius 3 is 1.56 bits per heavy atom. The molecular weight excluding hydrogens is 420 g/mol. The van der Waals surface area contributed by atoms with Crippen LogP contribution in [0.15, 0.2) is 48.5 Å². The van der Waals surface area contributed by atoms with Crippen molar-refractivity contribution < 1.29 is 14.3 Å². The summed E-state index contributed by atoms with van der Waals surface area (Å²) >= 11 is 0. The minimum absolute atomic E-state index is 0.345. The number of benzene rings is 2. The van der Waals surface area contributed by atoms with Gasteiger partial charge in [0.2, 0.25) is 0 Å². The summed E-state index contributed by atoms with van der Waals surface area (Å²) in [6, 6.07) is 14.9. The van der Waals surface area contributed by atoms with Crippen LogP contribution in [0.2, 0.25) is 0 Å². The minimum atomic E-state index is -0.345. The summed E-state index contributed by atoms with van der Waals surface area (Å²) in [5.74, 6) is 1.03. The molecule has 0 aliphatic carbocycles. The topological polar surface area (TPSA) is 35.5 Å². The van der Waals surface area contributed by atoms with Crippen molar-refractivity contribution in [2.75, 3.05) is 6.61 Å². The lowest BCUT2D eigenvalue weighted by atomic mass is 10.0. The second-order valence-electron chi connectivity index (χ2n) is 9.36. The second kappa shape index (κ2) is 18.1. The summed E-state index contributed by atoms with van der Waals surface area (Å²) in [4.78, 5) is 12.3. The highest BCUT2D eigenvalue weighted by Gasteiger charge is 2.09. The maximum absolute atomic E-state index is 12.3. The molecule has 0 spiro atoms. The molecule has 2 aromatic carbocycles. The van der Waals surface area contributed by atoms with E-state index in [-0.39, 0.29) is 5.97 Å². The molecule has 0 heterocycles. The lowest BCUT2D eigenvalue weighted by Gasteiger charge is -2.08. The van der Waals surface area contributed by atoms with E-state index in [4.69, 9.17) is 9.47 Å². The standard InChI is InChI=1S/C31H46O3/c1-3-5-6-7-8-9-10-11-12-13-14-15-16-17-26-33-29-24-20-28(21-25-29)31(32)34-30-22-18-27(4-2)19-23-30/h18-25H,3-17,26H2,1-2H3. The van der Waals surface area contributed by atoms with E-state index in [2.05, 4.69) is 13.8 Å². The fraction of sp³-hybridized carbons (Fsp3) is 0.581. The van der Waals surface area contributed by atoms with Crippen LogP contribution in [-0.2, 0) is 6.42 Å². The number of unbranched alkanes of at least 4 members (excludes halogenated alkanes) is 13. The first-order valence-electron chi connectivity index (χ1n) is 13.8. The molecule has 0 aliphatic heterocycles. The van der Waals surface area contributed by atoms with Crippen LogP contribution in [0.3, 0.4) is 0 Å². The van der Waals surface area contributed by atoms with Crippen molar-refractivity contribution in [3.63, 3.8) is 0 Å². The lowest BCUT2D eigenvalue weighted by molar-refractivity contribution is 0.0734. The molecule has 0 bridgehead atoms. The fourth-order valence-corrected chi connectivity index (χ4v) is 4.13. The molecule has 188 valence electrons. The van der Waals surface area contributed by atoms with Gasteiger partial charge in [0, 0.05) is 0 Å². The first-order chi connectivity index (χ1) is 16.7. The van der Waals surface area contributed by atoms with Crippen molar-refractivity contribution in [3.05, 3.63) is 59.7 Å². The third-order valence-corrected chi connectivity index (χ3v) is 6.40. The molecule has 3 nitrogen and oxygen atoms in total. The van der Waals surface area contributed by atoms with Crippen molar-refractivity contribution in [2.45, 2.75) is 110 Å². The highest BCUT2D eigenvalue weighted by molar-refractivity contribution is 5.91. The Kier molecular flexibility index (Phi) is 14.9. The van der Waals surface area contributed by atoms with Crippen LogP contribution in [0, 0.1) is 0 Å². The highest BCUT2D eigenvalue weighted by atomic mass is 16.5. The Morgan fingerprint density at radius 1 is 0.588 bits per heavy atom. The first kappa shape index (κ1) is 28.0. The number of hydrogen-bond acceptors (Lipinski definition) is 3. The summed E-state index contributed by atoms with van der Waals surface area (Å²) in [6.07, 6.45) is 20.0. The highest BCUT2D eigenvalue weighted by Crippen LogP contribution is 2.18. The molecule has 2 aromatic rings. The summed E-state index contributed by atoms with van der Waals surface area (Å²) in [5, 5.41) is 0. The van der Waals surface area contributed by atoms with E-state index >= 15 is 0 Å². The predicted octanol–water partition coefficient (Wildman–Crippen LogP) is 9.33. The number of carbonyl (C=O) groups excluding carboxylic acids is 1. The van der Waals surface area contributed by atoms with Gasteiger partial charge in [0.25, 0.3) is 0 Å². The van der Waals surface area contributed by atoms with E-state index in [9.17, 15) is 4.79 Å². The SMILES string of the molecule is CCCCCCCCCCCCCCCCOc1ccc(C(=O)Oc2ccc(CC)cc2)cc1. The van der Waals surface area contributed by atoms with Gasteiger partial charge in [-0.3, -0.25) is 0 Å². The van der Waals surface area contributed by atoms with Gasteiger partial charge in [0.15, 0.2) is 0 Å². The summed E-state index contributed by atoms with van der Waals surface area (Å²) in [6.45, 7) is 5.11. The third kappa shape index (κ3) is 12.3. The molecule has 0 saturated heterocycles. The van der Waals surface area contributed by atoms with Crippen LogP contribution >= 0.6 is 0 Å².